The number of anilines is 1. The highest BCUT2D eigenvalue weighted by Crippen LogP contribution is 2.24. The molecule has 0 aliphatic carbocycles. The van der Waals surface area contributed by atoms with Crippen molar-refractivity contribution in [2.75, 3.05) is 25.0 Å². The van der Waals surface area contributed by atoms with Crippen molar-refractivity contribution in [3.63, 3.8) is 0 Å². The van der Waals surface area contributed by atoms with Crippen LogP contribution in [-0.4, -0.2) is 34.1 Å². The molecule has 1 atom stereocenters. The molecular weight excluding hydrogens is 232 g/mol. The minimum absolute atomic E-state index is 0.883. The fraction of sp³-hybridized carbons (Fsp3) is 0.833. The third kappa shape index (κ3) is 3.39. The monoisotopic (exact) mass is 254 g/mol. The fourth-order valence-electron chi connectivity index (χ4n) is 2.29. The van der Waals surface area contributed by atoms with Crippen LogP contribution in [0.15, 0.2) is 0 Å². The highest BCUT2D eigenvalue weighted by molar-refractivity contribution is 7.10. The first-order valence-electron chi connectivity index (χ1n) is 6.61. The first kappa shape index (κ1) is 12.8. The van der Waals surface area contributed by atoms with Crippen LogP contribution in [0.1, 0.15) is 38.8 Å². The Morgan fingerprint density at radius 2 is 2.35 bits per heavy atom. The van der Waals surface area contributed by atoms with Crippen molar-refractivity contribution in [3.8, 4) is 0 Å². The van der Waals surface area contributed by atoms with Gasteiger partial charge < -0.3 is 5.32 Å². The van der Waals surface area contributed by atoms with Gasteiger partial charge in [0.1, 0.15) is 10.7 Å². The number of nitrogens with one attached hydrogen (secondary N) is 1. The summed E-state index contributed by atoms with van der Waals surface area (Å²) in [6.07, 6.45) is 3.78. The fourth-order valence-corrected chi connectivity index (χ4v) is 2.88. The van der Waals surface area contributed by atoms with Crippen LogP contribution in [0.25, 0.3) is 0 Å². The smallest absolute Gasteiger partial charge is 0.134 e. The molecule has 1 aromatic rings. The molecule has 0 amide bonds. The Balaban J connectivity index is 1.88. The van der Waals surface area contributed by atoms with Crippen LogP contribution < -0.4 is 5.32 Å². The number of aromatic nitrogens is 2. The lowest BCUT2D eigenvalue weighted by atomic mass is 10.1. The lowest BCUT2D eigenvalue weighted by Crippen LogP contribution is -2.21. The predicted molar refractivity (Wildman–Crippen MR) is 72.4 cm³/mol. The van der Waals surface area contributed by atoms with Gasteiger partial charge >= 0.3 is 0 Å². The van der Waals surface area contributed by atoms with Crippen molar-refractivity contribution in [1.29, 1.82) is 0 Å². The highest BCUT2D eigenvalue weighted by atomic mass is 32.1. The molecule has 17 heavy (non-hydrogen) atoms. The van der Waals surface area contributed by atoms with Crippen LogP contribution in [0.2, 0.25) is 0 Å². The van der Waals surface area contributed by atoms with E-state index in [4.69, 9.17) is 0 Å². The summed E-state index contributed by atoms with van der Waals surface area (Å²) in [5.41, 5.74) is 1.13. The summed E-state index contributed by atoms with van der Waals surface area (Å²) in [6, 6.07) is 0. The van der Waals surface area contributed by atoms with E-state index in [-0.39, 0.29) is 0 Å². The van der Waals surface area contributed by atoms with Gasteiger partial charge in [-0.05, 0) is 25.3 Å². The highest BCUT2D eigenvalue weighted by Gasteiger charge is 2.22. The van der Waals surface area contributed by atoms with Crippen molar-refractivity contribution in [2.45, 2.75) is 39.7 Å². The van der Waals surface area contributed by atoms with E-state index in [9.17, 15) is 0 Å². The summed E-state index contributed by atoms with van der Waals surface area (Å²) in [7, 11) is 0. The zero-order chi connectivity index (χ0) is 12.1. The molecule has 0 bridgehead atoms. The van der Waals surface area contributed by atoms with Gasteiger partial charge in [0, 0.05) is 31.2 Å². The summed E-state index contributed by atoms with van der Waals surface area (Å²) >= 11 is 1.48. The van der Waals surface area contributed by atoms with Crippen molar-refractivity contribution in [3.05, 3.63) is 5.69 Å². The predicted octanol–water partition coefficient (Wildman–Crippen LogP) is 2.59. The van der Waals surface area contributed by atoms with Crippen LogP contribution >= 0.6 is 11.5 Å². The zero-order valence-corrected chi connectivity index (χ0v) is 11.6. The normalized spacial score (nSPS) is 20.9. The van der Waals surface area contributed by atoms with Gasteiger partial charge in [0.05, 0.1) is 0 Å². The summed E-state index contributed by atoms with van der Waals surface area (Å²) in [5, 5.41) is 8.82. The number of likely N-dealkylation sites (tertiary alicyclic amines) is 1. The maximum atomic E-state index is 4.25. The van der Waals surface area contributed by atoms with Crippen LogP contribution in [0, 0.1) is 5.92 Å². The van der Waals surface area contributed by atoms with Gasteiger partial charge in [0.2, 0.25) is 0 Å². The van der Waals surface area contributed by atoms with Gasteiger partial charge in [-0.15, -0.1) is 5.10 Å². The number of hydrogen-bond donors (Lipinski definition) is 1. The first-order valence-corrected chi connectivity index (χ1v) is 7.38. The largest absolute Gasteiger partial charge is 0.374 e. The Morgan fingerprint density at radius 1 is 1.47 bits per heavy atom. The van der Waals surface area contributed by atoms with Gasteiger partial charge in [-0.2, -0.15) is 0 Å². The molecule has 2 rings (SSSR count). The number of hydrogen-bond acceptors (Lipinski definition) is 5. The van der Waals surface area contributed by atoms with Crippen molar-refractivity contribution < 1.29 is 0 Å². The van der Waals surface area contributed by atoms with Crippen molar-refractivity contribution in [2.24, 2.45) is 5.92 Å². The van der Waals surface area contributed by atoms with Crippen molar-refractivity contribution in [1.82, 2.24) is 14.5 Å². The number of nitrogens with zero attached hydrogens (tertiary/aromatic N) is 3. The van der Waals surface area contributed by atoms with Gasteiger partial charge in [-0.25, -0.2) is 0 Å². The lowest BCUT2D eigenvalue weighted by Gasteiger charge is -2.14. The molecule has 1 unspecified atom stereocenters. The van der Waals surface area contributed by atoms with E-state index in [0.717, 1.165) is 36.1 Å². The van der Waals surface area contributed by atoms with Crippen LogP contribution in [-0.2, 0) is 6.54 Å². The molecule has 96 valence electrons. The number of rotatable bonds is 6. The summed E-state index contributed by atoms with van der Waals surface area (Å²) in [5.74, 6) is 0.883. The average molecular weight is 254 g/mol. The van der Waals surface area contributed by atoms with E-state index in [0.29, 0.717) is 0 Å². The Labute approximate surface area is 108 Å². The Morgan fingerprint density at radius 3 is 3.06 bits per heavy atom. The summed E-state index contributed by atoms with van der Waals surface area (Å²) < 4.78 is 4.06. The van der Waals surface area contributed by atoms with Gasteiger partial charge in [-0.1, -0.05) is 24.8 Å². The molecule has 4 nitrogen and oxygen atoms in total. The first-order chi connectivity index (χ1) is 8.33. The van der Waals surface area contributed by atoms with Gasteiger partial charge in [-0.3, -0.25) is 4.90 Å². The average Bonchev–Trinajstić information content (AvgIpc) is 2.96. The second-order valence-electron chi connectivity index (χ2n) is 4.77. The molecule has 1 aromatic heterocycles. The van der Waals surface area contributed by atoms with E-state index in [1.54, 1.807) is 0 Å². The molecule has 0 spiro atoms. The maximum absolute atomic E-state index is 4.25. The molecular formula is C12H22N4S. The molecule has 0 saturated carbocycles. The molecule has 0 aromatic carbocycles. The summed E-state index contributed by atoms with van der Waals surface area (Å²) in [6.45, 7) is 8.86. The third-order valence-electron chi connectivity index (χ3n) is 3.41. The topological polar surface area (TPSA) is 41.1 Å². The molecule has 2 heterocycles. The SMILES string of the molecule is CCCNc1snnc1CN1CCC(CC)C1. The Hall–Kier alpha value is -0.680. The Bertz CT molecular complexity index is 339. The molecule has 1 fully saturated rings. The van der Waals surface area contributed by atoms with Crippen LogP contribution in [0.4, 0.5) is 5.00 Å². The van der Waals surface area contributed by atoms with Crippen LogP contribution in [0.5, 0.6) is 0 Å². The lowest BCUT2D eigenvalue weighted by molar-refractivity contribution is 0.311. The minimum atomic E-state index is 0.883. The second-order valence-corrected chi connectivity index (χ2v) is 5.53. The third-order valence-corrected chi connectivity index (χ3v) is 4.14. The van der Waals surface area contributed by atoms with E-state index in [2.05, 4.69) is 33.7 Å². The van der Waals surface area contributed by atoms with E-state index in [1.165, 1.54) is 37.5 Å². The van der Waals surface area contributed by atoms with Gasteiger partial charge in [0.15, 0.2) is 0 Å². The van der Waals surface area contributed by atoms with E-state index in [1.807, 2.05) is 0 Å². The van der Waals surface area contributed by atoms with Gasteiger partial charge in [0.25, 0.3) is 0 Å². The Kier molecular flexibility index (Phi) is 4.74. The molecule has 1 aliphatic rings. The zero-order valence-electron chi connectivity index (χ0n) is 10.8. The van der Waals surface area contributed by atoms with Crippen LogP contribution in [0.3, 0.4) is 0 Å². The van der Waals surface area contributed by atoms with E-state index >= 15 is 0 Å². The quantitative estimate of drug-likeness (QED) is 0.847. The second kappa shape index (κ2) is 6.31. The maximum Gasteiger partial charge on any atom is 0.134 e. The molecule has 0 radical (unpaired) electrons. The van der Waals surface area contributed by atoms with E-state index < -0.39 is 0 Å². The molecule has 1 N–H and O–H groups in total. The minimum Gasteiger partial charge on any atom is -0.374 e. The standard InChI is InChI=1S/C12H22N4S/c1-3-6-13-12-11(14-15-17-12)9-16-7-5-10(4-2)8-16/h10,13H,3-9H2,1-2H3. The summed E-state index contributed by atoms with van der Waals surface area (Å²) in [4.78, 5) is 2.50. The van der Waals surface area contributed by atoms with Crippen molar-refractivity contribution >= 4 is 16.5 Å². The molecule has 1 saturated heterocycles. The molecule has 1 aliphatic heterocycles. The molecule has 5 heteroatoms.